The second-order valence-corrected chi connectivity index (χ2v) is 6.47. The van der Waals surface area contributed by atoms with Crippen molar-refractivity contribution in [3.63, 3.8) is 0 Å². The Morgan fingerprint density at radius 3 is 2.15 bits per heavy atom. The molecular weight excluding hydrogens is 254 g/mol. The van der Waals surface area contributed by atoms with Gasteiger partial charge in [0.15, 0.2) is 6.54 Å². The molecule has 122 valence electrons. The van der Waals surface area contributed by atoms with Crippen LogP contribution in [0, 0.1) is 5.92 Å². The Bertz CT molecular complexity index is 222. The van der Waals surface area contributed by atoms with Gasteiger partial charge in [0.25, 0.3) is 0 Å². The second kappa shape index (κ2) is 11.5. The summed E-state index contributed by atoms with van der Waals surface area (Å²) in [6.45, 7) is 8.38. The highest BCUT2D eigenvalue weighted by atomic mass is 16.7. The summed E-state index contributed by atoms with van der Waals surface area (Å²) in [4.78, 5) is 5.84. The minimum atomic E-state index is -1.30. The normalized spacial score (nSPS) is 15.0. The van der Waals surface area contributed by atoms with Gasteiger partial charge in [-0.25, -0.2) is 4.84 Å². The highest BCUT2D eigenvalue weighted by Crippen LogP contribution is 2.12. The van der Waals surface area contributed by atoms with Crippen LogP contribution in [0.4, 0.5) is 0 Å². The molecule has 2 N–H and O–H groups in total. The summed E-state index contributed by atoms with van der Waals surface area (Å²) in [6, 6.07) is 0. The Labute approximate surface area is 125 Å². The van der Waals surface area contributed by atoms with E-state index in [1.807, 2.05) is 7.05 Å². The number of nitrogens with zero attached hydrogens (tertiary/aromatic N) is 1. The molecule has 0 rings (SSSR count). The van der Waals surface area contributed by atoms with Gasteiger partial charge in [0.05, 0.1) is 7.05 Å². The van der Waals surface area contributed by atoms with Crippen LogP contribution >= 0.6 is 0 Å². The third-order valence-electron chi connectivity index (χ3n) is 3.57. The monoisotopic (exact) mass is 290 g/mol. The van der Waals surface area contributed by atoms with Crippen LogP contribution in [0.3, 0.4) is 0 Å². The van der Waals surface area contributed by atoms with Crippen LogP contribution < -0.4 is 0 Å². The van der Waals surface area contributed by atoms with Crippen molar-refractivity contribution >= 4 is 0 Å². The number of hydrogen-bond donors (Lipinski definition) is 2. The Hall–Kier alpha value is -0.160. The lowest BCUT2D eigenvalue weighted by Gasteiger charge is -2.31. The highest BCUT2D eigenvalue weighted by Gasteiger charge is 2.25. The number of aliphatic hydroxyl groups excluding tert-OH is 1. The molecule has 0 aromatic carbocycles. The van der Waals surface area contributed by atoms with E-state index in [2.05, 4.69) is 20.8 Å². The number of hydroxylamine groups is 3. The number of hydrogen-bond acceptors (Lipinski definition) is 3. The van der Waals surface area contributed by atoms with E-state index < -0.39 is 6.29 Å². The van der Waals surface area contributed by atoms with Crippen LogP contribution in [-0.2, 0) is 4.84 Å². The van der Waals surface area contributed by atoms with Crippen molar-refractivity contribution < 1.29 is 19.7 Å². The molecule has 0 fully saturated rings. The Morgan fingerprint density at radius 2 is 1.60 bits per heavy atom. The van der Waals surface area contributed by atoms with Gasteiger partial charge < -0.3 is 10.2 Å². The molecule has 0 aromatic rings. The Morgan fingerprint density at radius 1 is 1.00 bits per heavy atom. The van der Waals surface area contributed by atoms with Crippen molar-refractivity contribution in [2.45, 2.75) is 72.0 Å². The first kappa shape index (κ1) is 19.8. The summed E-state index contributed by atoms with van der Waals surface area (Å²) in [7, 11) is 1.92. The number of unbranched alkanes of at least 4 members (excludes halogenated alkanes) is 4. The molecule has 0 radical (unpaired) electrons. The molecule has 0 spiro atoms. The van der Waals surface area contributed by atoms with Crippen LogP contribution in [0.2, 0.25) is 0 Å². The maximum absolute atomic E-state index is 9.12. The predicted octanol–water partition coefficient (Wildman–Crippen LogP) is 3.08. The highest BCUT2D eigenvalue weighted by molar-refractivity contribution is 4.48. The van der Waals surface area contributed by atoms with E-state index in [1.54, 1.807) is 0 Å². The van der Waals surface area contributed by atoms with Gasteiger partial charge in [-0.2, -0.15) is 4.65 Å². The lowest BCUT2D eigenvalue weighted by molar-refractivity contribution is -1.09. The molecule has 0 saturated carbocycles. The van der Waals surface area contributed by atoms with Crippen LogP contribution in [0.25, 0.3) is 0 Å². The van der Waals surface area contributed by atoms with Gasteiger partial charge in [-0.05, 0) is 18.8 Å². The number of rotatable bonds is 13. The van der Waals surface area contributed by atoms with Crippen LogP contribution in [0.15, 0.2) is 0 Å². The lowest BCUT2D eigenvalue weighted by Crippen LogP contribution is -2.49. The van der Waals surface area contributed by atoms with Crippen molar-refractivity contribution in [2.75, 3.05) is 26.7 Å². The van der Waals surface area contributed by atoms with Gasteiger partial charge in [0, 0.05) is 0 Å². The summed E-state index contributed by atoms with van der Waals surface area (Å²) in [6.07, 6.45) is 7.17. The molecule has 0 aliphatic carbocycles. The summed E-state index contributed by atoms with van der Waals surface area (Å²) in [5.41, 5.74) is 0. The molecule has 1 atom stereocenters. The zero-order chi connectivity index (χ0) is 15.4. The van der Waals surface area contributed by atoms with Crippen LogP contribution in [0.1, 0.15) is 65.7 Å². The average molecular weight is 290 g/mol. The van der Waals surface area contributed by atoms with Gasteiger partial charge in [0.2, 0.25) is 6.29 Å². The largest absolute Gasteiger partial charge is 0.364 e. The number of quaternary nitrogens is 1. The summed E-state index contributed by atoms with van der Waals surface area (Å²) in [5, 5.41) is 18.2. The zero-order valence-corrected chi connectivity index (χ0v) is 14.0. The lowest BCUT2D eigenvalue weighted by atomic mass is 10.0. The fourth-order valence-corrected chi connectivity index (χ4v) is 2.50. The van der Waals surface area contributed by atoms with E-state index >= 15 is 0 Å². The van der Waals surface area contributed by atoms with E-state index in [-0.39, 0.29) is 6.54 Å². The van der Waals surface area contributed by atoms with Crippen molar-refractivity contribution in [3.8, 4) is 0 Å². The smallest absolute Gasteiger partial charge is 0.205 e. The van der Waals surface area contributed by atoms with Crippen LogP contribution in [-0.4, -0.2) is 47.9 Å². The summed E-state index contributed by atoms with van der Waals surface area (Å²) >= 11 is 0. The van der Waals surface area contributed by atoms with Crippen LogP contribution in [0.5, 0.6) is 0 Å². The van der Waals surface area contributed by atoms with Gasteiger partial charge >= 0.3 is 0 Å². The number of likely N-dealkylation sites (N-methyl/N-ethyl adjacent to an activating group) is 1. The molecule has 1 unspecified atom stereocenters. The average Bonchev–Trinajstić information content (AvgIpc) is 2.31. The summed E-state index contributed by atoms with van der Waals surface area (Å²) < 4.78 is 0.293. The molecule has 4 nitrogen and oxygen atoms in total. The van der Waals surface area contributed by atoms with Gasteiger partial charge in [0.1, 0.15) is 13.2 Å². The predicted molar refractivity (Wildman–Crippen MR) is 82.9 cm³/mol. The summed E-state index contributed by atoms with van der Waals surface area (Å²) in [5.74, 6) is 0.815. The van der Waals surface area contributed by atoms with E-state index in [4.69, 9.17) is 15.1 Å². The maximum atomic E-state index is 9.12. The quantitative estimate of drug-likeness (QED) is 0.237. The Kier molecular flexibility index (Phi) is 11.4. The molecule has 0 aliphatic rings. The minimum absolute atomic E-state index is 0.238. The molecule has 0 amide bonds. The third kappa shape index (κ3) is 11.6. The van der Waals surface area contributed by atoms with Gasteiger partial charge in [-0.1, -0.05) is 52.9 Å². The van der Waals surface area contributed by atoms with E-state index in [0.29, 0.717) is 11.3 Å². The molecule has 0 heterocycles. The second-order valence-electron chi connectivity index (χ2n) is 6.47. The molecule has 0 saturated heterocycles. The zero-order valence-electron chi connectivity index (χ0n) is 14.0. The maximum Gasteiger partial charge on any atom is 0.205 e. The first-order valence-electron chi connectivity index (χ1n) is 8.25. The number of aliphatic hydroxyl groups is 2. The third-order valence-corrected chi connectivity index (χ3v) is 3.57. The minimum Gasteiger partial charge on any atom is -0.364 e. The van der Waals surface area contributed by atoms with Crippen molar-refractivity contribution in [2.24, 2.45) is 5.92 Å². The first-order chi connectivity index (χ1) is 9.39. The topological polar surface area (TPSA) is 49.7 Å². The fraction of sp³-hybridized carbons (Fsp3) is 1.00. The Balaban J connectivity index is 3.63. The molecule has 0 aliphatic heterocycles. The standard InChI is InChI=1S/C16H36NO3/c1-5-12-17(4,14-16(18)19)20-13-10-8-6-7-9-11-15(2)3/h15-16,18-19H,5-14H2,1-4H3/q+1. The molecule has 4 heteroatoms. The molecule has 20 heavy (non-hydrogen) atoms. The van der Waals surface area contributed by atoms with E-state index in [1.165, 1.54) is 32.1 Å². The SMILES string of the molecule is CCC[N+](C)(CC(O)O)OCCCCCCCC(C)C. The van der Waals surface area contributed by atoms with E-state index in [0.717, 1.165) is 25.3 Å². The molecule has 0 bridgehead atoms. The van der Waals surface area contributed by atoms with Crippen molar-refractivity contribution in [1.82, 2.24) is 0 Å². The van der Waals surface area contributed by atoms with Crippen molar-refractivity contribution in [3.05, 3.63) is 0 Å². The van der Waals surface area contributed by atoms with Gasteiger partial charge in [-0.3, -0.25) is 0 Å². The van der Waals surface area contributed by atoms with Gasteiger partial charge in [-0.15, -0.1) is 0 Å². The molecule has 0 aromatic heterocycles. The van der Waals surface area contributed by atoms with Crippen molar-refractivity contribution in [1.29, 1.82) is 0 Å². The van der Waals surface area contributed by atoms with E-state index in [9.17, 15) is 0 Å². The molecular formula is C16H36NO3+. The first-order valence-corrected chi connectivity index (χ1v) is 8.25. The fourth-order valence-electron chi connectivity index (χ4n) is 2.50.